The third-order valence-corrected chi connectivity index (χ3v) is 4.74. The van der Waals surface area contributed by atoms with E-state index in [1.54, 1.807) is 0 Å². The van der Waals surface area contributed by atoms with Gasteiger partial charge in [0.1, 0.15) is 5.75 Å². The Balaban J connectivity index is 1.70. The lowest BCUT2D eigenvalue weighted by atomic mass is 10.1. The fourth-order valence-corrected chi connectivity index (χ4v) is 3.12. The molecule has 2 rings (SSSR count). The summed E-state index contributed by atoms with van der Waals surface area (Å²) < 4.78 is 11.8. The summed E-state index contributed by atoms with van der Waals surface area (Å²) in [5, 5.41) is 0. The van der Waals surface area contributed by atoms with E-state index in [1.165, 1.54) is 37.7 Å². The van der Waals surface area contributed by atoms with E-state index in [1.807, 2.05) is 0 Å². The molecular formula is C21H34NO2. The Morgan fingerprint density at radius 3 is 2.58 bits per heavy atom. The molecule has 0 N–H and O–H groups in total. The number of unbranched alkanes of at least 4 members (excludes halogenated alkanes) is 5. The zero-order valence-corrected chi connectivity index (χ0v) is 15.5. The Bertz CT molecular complexity index is 444. The van der Waals surface area contributed by atoms with Gasteiger partial charge in [-0.15, -0.1) is 0 Å². The van der Waals surface area contributed by atoms with Crippen LogP contribution in [0.5, 0.6) is 5.75 Å². The molecule has 0 bridgehead atoms. The van der Waals surface area contributed by atoms with Crippen LogP contribution in [0.15, 0.2) is 24.3 Å². The standard InChI is InChI=1S/C21H34NO2/c1-4-5-6-7-8-9-15-23-20-12-10-19(11-13-20)21-17-22(18(2)3)14-16-24-21/h10-13,18,21H,2,4-9,14-17H2,1,3H3. The maximum absolute atomic E-state index is 5.92. The SMILES string of the molecule is [CH2]C(C)N1CCOC(c2ccc(OCCCCCCCC)cc2)C1. The van der Waals surface area contributed by atoms with Gasteiger partial charge in [0, 0.05) is 19.1 Å². The third kappa shape index (κ3) is 6.45. The number of nitrogens with zero attached hydrogens (tertiary/aromatic N) is 1. The van der Waals surface area contributed by atoms with E-state index in [4.69, 9.17) is 9.47 Å². The van der Waals surface area contributed by atoms with Gasteiger partial charge in [-0.3, -0.25) is 4.90 Å². The van der Waals surface area contributed by atoms with Crippen LogP contribution in [0.2, 0.25) is 0 Å². The minimum Gasteiger partial charge on any atom is -0.494 e. The highest BCUT2D eigenvalue weighted by atomic mass is 16.5. The van der Waals surface area contributed by atoms with Crippen molar-refractivity contribution in [1.82, 2.24) is 4.90 Å². The minimum absolute atomic E-state index is 0.149. The lowest BCUT2D eigenvalue weighted by Crippen LogP contribution is -2.42. The first-order valence-corrected chi connectivity index (χ1v) is 9.62. The molecule has 1 saturated heterocycles. The summed E-state index contributed by atoms with van der Waals surface area (Å²) in [7, 11) is 0. The lowest BCUT2D eigenvalue weighted by Gasteiger charge is -2.35. The average Bonchev–Trinajstić information content (AvgIpc) is 2.61. The molecule has 1 aliphatic rings. The molecule has 24 heavy (non-hydrogen) atoms. The molecule has 0 amide bonds. The van der Waals surface area contributed by atoms with Crippen molar-refractivity contribution in [2.45, 2.75) is 64.5 Å². The molecule has 1 heterocycles. The van der Waals surface area contributed by atoms with Crippen LogP contribution >= 0.6 is 0 Å². The number of rotatable bonds is 10. The normalized spacial score (nSPS) is 18.9. The second kappa shape index (κ2) is 10.7. The highest BCUT2D eigenvalue weighted by Crippen LogP contribution is 2.25. The molecule has 0 spiro atoms. The van der Waals surface area contributed by atoms with Crippen LogP contribution < -0.4 is 4.74 Å². The van der Waals surface area contributed by atoms with Gasteiger partial charge >= 0.3 is 0 Å². The Labute approximate surface area is 148 Å². The van der Waals surface area contributed by atoms with Gasteiger partial charge in [0.05, 0.1) is 19.3 Å². The predicted molar refractivity (Wildman–Crippen MR) is 100 cm³/mol. The smallest absolute Gasteiger partial charge is 0.119 e. The van der Waals surface area contributed by atoms with Crippen LogP contribution in [0, 0.1) is 6.92 Å². The third-order valence-electron chi connectivity index (χ3n) is 4.74. The second-order valence-corrected chi connectivity index (χ2v) is 6.89. The van der Waals surface area contributed by atoms with Crippen LogP contribution in [0.25, 0.3) is 0 Å². The van der Waals surface area contributed by atoms with Crippen molar-refractivity contribution in [3.8, 4) is 5.75 Å². The first-order chi connectivity index (χ1) is 11.7. The summed E-state index contributed by atoms with van der Waals surface area (Å²) >= 11 is 0. The fourth-order valence-electron chi connectivity index (χ4n) is 3.12. The van der Waals surface area contributed by atoms with E-state index in [-0.39, 0.29) is 6.10 Å². The molecule has 2 atom stereocenters. The molecule has 0 aromatic heterocycles. The predicted octanol–water partition coefficient (Wildman–Crippen LogP) is 5.02. The second-order valence-electron chi connectivity index (χ2n) is 6.89. The van der Waals surface area contributed by atoms with Gasteiger partial charge in [-0.05, 0) is 38.0 Å². The van der Waals surface area contributed by atoms with Crippen molar-refractivity contribution >= 4 is 0 Å². The van der Waals surface area contributed by atoms with Crippen molar-refractivity contribution in [3.63, 3.8) is 0 Å². The van der Waals surface area contributed by atoms with Crippen molar-refractivity contribution in [2.24, 2.45) is 0 Å². The number of hydrogen-bond donors (Lipinski definition) is 0. The van der Waals surface area contributed by atoms with Gasteiger partial charge in [-0.1, -0.05) is 51.2 Å². The molecule has 135 valence electrons. The maximum atomic E-state index is 5.92. The van der Waals surface area contributed by atoms with Crippen molar-refractivity contribution < 1.29 is 9.47 Å². The molecule has 3 heteroatoms. The summed E-state index contributed by atoms with van der Waals surface area (Å²) in [5.74, 6) is 0.963. The van der Waals surface area contributed by atoms with Crippen LogP contribution in [-0.4, -0.2) is 37.2 Å². The molecule has 1 aliphatic heterocycles. The monoisotopic (exact) mass is 332 g/mol. The maximum Gasteiger partial charge on any atom is 0.119 e. The summed E-state index contributed by atoms with van der Waals surface area (Å²) in [5.41, 5.74) is 1.23. The van der Waals surface area contributed by atoms with Crippen molar-refractivity contribution in [3.05, 3.63) is 36.8 Å². The first-order valence-electron chi connectivity index (χ1n) is 9.62. The quantitative estimate of drug-likeness (QED) is 0.561. The Morgan fingerprint density at radius 2 is 1.88 bits per heavy atom. The fraction of sp³-hybridized carbons (Fsp3) is 0.667. The van der Waals surface area contributed by atoms with E-state index in [0.717, 1.165) is 38.5 Å². The molecule has 0 aliphatic carbocycles. The number of benzene rings is 1. The molecule has 1 aromatic carbocycles. The van der Waals surface area contributed by atoms with Crippen molar-refractivity contribution in [2.75, 3.05) is 26.3 Å². The van der Waals surface area contributed by atoms with Gasteiger partial charge in [0.2, 0.25) is 0 Å². The topological polar surface area (TPSA) is 21.7 Å². The van der Waals surface area contributed by atoms with Gasteiger partial charge in [-0.25, -0.2) is 0 Å². The molecule has 3 nitrogen and oxygen atoms in total. The van der Waals surface area contributed by atoms with Gasteiger partial charge in [-0.2, -0.15) is 0 Å². The van der Waals surface area contributed by atoms with E-state index in [9.17, 15) is 0 Å². The Kier molecular flexibility index (Phi) is 8.62. The van der Waals surface area contributed by atoms with E-state index < -0.39 is 0 Å². The van der Waals surface area contributed by atoms with E-state index in [2.05, 4.69) is 49.9 Å². The van der Waals surface area contributed by atoms with Crippen LogP contribution in [-0.2, 0) is 4.74 Å². The van der Waals surface area contributed by atoms with Crippen LogP contribution in [0.3, 0.4) is 0 Å². The number of ether oxygens (including phenoxy) is 2. The summed E-state index contributed by atoms with van der Waals surface area (Å²) in [6.45, 7) is 12.0. The van der Waals surface area contributed by atoms with Crippen LogP contribution in [0.1, 0.15) is 64.0 Å². The van der Waals surface area contributed by atoms with Gasteiger partial charge in [0.15, 0.2) is 0 Å². The van der Waals surface area contributed by atoms with Gasteiger partial charge < -0.3 is 9.47 Å². The molecular weight excluding hydrogens is 298 g/mol. The van der Waals surface area contributed by atoms with Gasteiger partial charge in [0.25, 0.3) is 0 Å². The first kappa shape index (κ1) is 19.3. The Morgan fingerprint density at radius 1 is 1.17 bits per heavy atom. The summed E-state index contributed by atoms with van der Waals surface area (Å²) in [6, 6.07) is 8.75. The zero-order chi connectivity index (χ0) is 17.2. The molecule has 1 fully saturated rings. The summed E-state index contributed by atoms with van der Waals surface area (Å²) in [6.07, 6.45) is 7.91. The number of morpholine rings is 1. The van der Waals surface area contributed by atoms with E-state index in [0.29, 0.717) is 6.04 Å². The van der Waals surface area contributed by atoms with Crippen LogP contribution in [0.4, 0.5) is 0 Å². The molecule has 0 saturated carbocycles. The van der Waals surface area contributed by atoms with Crippen molar-refractivity contribution in [1.29, 1.82) is 0 Å². The van der Waals surface area contributed by atoms with E-state index >= 15 is 0 Å². The molecule has 1 aromatic rings. The number of hydrogen-bond acceptors (Lipinski definition) is 3. The summed E-state index contributed by atoms with van der Waals surface area (Å²) in [4.78, 5) is 2.37. The molecule has 2 unspecified atom stereocenters. The molecule has 1 radical (unpaired) electrons. The zero-order valence-electron chi connectivity index (χ0n) is 15.5. The Hall–Kier alpha value is -1.06. The largest absolute Gasteiger partial charge is 0.494 e. The average molecular weight is 333 g/mol. The minimum atomic E-state index is 0.149. The lowest BCUT2D eigenvalue weighted by molar-refractivity contribution is -0.0371. The highest BCUT2D eigenvalue weighted by molar-refractivity contribution is 5.29. The highest BCUT2D eigenvalue weighted by Gasteiger charge is 2.23.